The molecule has 2 aliphatic heterocycles. The first kappa shape index (κ1) is 38.3. The highest BCUT2D eigenvalue weighted by Crippen LogP contribution is 2.42. The summed E-state index contributed by atoms with van der Waals surface area (Å²) in [5.74, 6) is 0.825. The monoisotopic (exact) mass is 752 g/mol. The molecule has 2 unspecified atom stereocenters. The van der Waals surface area contributed by atoms with E-state index in [9.17, 15) is 10.2 Å². The van der Waals surface area contributed by atoms with Gasteiger partial charge in [0.2, 0.25) is 11.8 Å². The third-order valence-electron chi connectivity index (χ3n) is 10.2. The molecule has 2 aromatic heterocycles. The second-order valence-electron chi connectivity index (χ2n) is 13.9. The highest BCUT2D eigenvalue weighted by Gasteiger charge is 2.39. The fourth-order valence-electron chi connectivity index (χ4n) is 7.42. The molecule has 0 saturated carbocycles. The Labute approximate surface area is 314 Å². The molecule has 4 aromatic rings. The zero-order chi connectivity index (χ0) is 36.9. The largest absolute Gasteiger partial charge is 0.480 e. The van der Waals surface area contributed by atoms with Gasteiger partial charge in [-0.2, -0.15) is 0 Å². The van der Waals surface area contributed by atoms with Crippen molar-refractivity contribution in [2.75, 3.05) is 81.0 Å². The van der Waals surface area contributed by atoms with E-state index < -0.39 is 0 Å². The van der Waals surface area contributed by atoms with E-state index >= 15 is 0 Å². The maximum absolute atomic E-state index is 10.0. The van der Waals surface area contributed by atoms with Crippen molar-refractivity contribution in [3.05, 3.63) is 70.2 Å². The minimum absolute atomic E-state index is 0.0663. The number of aliphatic hydroxyl groups excluding tert-OH is 2. The van der Waals surface area contributed by atoms with Gasteiger partial charge in [-0.3, -0.25) is 19.8 Å². The molecule has 2 saturated heterocycles. The number of hydrogen-bond donors (Lipinski definition) is 2. The number of rotatable bonds is 15. The van der Waals surface area contributed by atoms with Crippen LogP contribution in [0.25, 0.3) is 33.6 Å². The van der Waals surface area contributed by atoms with Crippen molar-refractivity contribution in [3.63, 3.8) is 0 Å². The van der Waals surface area contributed by atoms with Gasteiger partial charge in [0.1, 0.15) is 11.4 Å². The lowest BCUT2D eigenvalue weighted by molar-refractivity contribution is 0.0349. The average Bonchev–Trinajstić information content (AvgIpc) is 3.76. The Morgan fingerprint density at radius 3 is 1.42 bits per heavy atom. The Balaban J connectivity index is 1.24. The zero-order valence-corrected chi connectivity index (χ0v) is 31.6. The van der Waals surface area contributed by atoms with Gasteiger partial charge < -0.3 is 29.2 Å². The van der Waals surface area contributed by atoms with Crippen LogP contribution in [-0.4, -0.2) is 121 Å². The van der Waals surface area contributed by atoms with Crippen LogP contribution in [0.3, 0.4) is 0 Å². The van der Waals surface area contributed by atoms with Gasteiger partial charge >= 0.3 is 0 Å². The van der Waals surface area contributed by atoms with Gasteiger partial charge in [0.25, 0.3) is 0 Å². The number of hydrogen-bond acceptors (Lipinski definition) is 12. The fourth-order valence-corrected chi connectivity index (χ4v) is 8.07. The fraction of sp³-hybridized carbons (Fsp3) is 0.474. The van der Waals surface area contributed by atoms with E-state index in [1.54, 1.807) is 40.8 Å². The van der Waals surface area contributed by atoms with E-state index in [-0.39, 0.29) is 24.0 Å². The molecule has 278 valence electrons. The van der Waals surface area contributed by atoms with Crippen molar-refractivity contribution in [1.29, 1.82) is 0 Å². The molecule has 52 heavy (non-hydrogen) atoms. The molecule has 0 aliphatic carbocycles. The third-order valence-corrected chi connectivity index (χ3v) is 11.0. The van der Waals surface area contributed by atoms with Crippen LogP contribution >= 0.6 is 23.2 Å². The van der Waals surface area contributed by atoms with Crippen LogP contribution in [0.1, 0.15) is 24.2 Å². The van der Waals surface area contributed by atoms with Gasteiger partial charge in [-0.25, -0.2) is 9.97 Å². The predicted molar refractivity (Wildman–Crippen MR) is 200 cm³/mol. The molecule has 6 rings (SSSR count). The van der Waals surface area contributed by atoms with Crippen molar-refractivity contribution in [3.8, 4) is 45.4 Å². The van der Waals surface area contributed by atoms with Crippen LogP contribution in [0.4, 0.5) is 0 Å². The lowest BCUT2D eigenvalue weighted by Gasteiger charge is -2.26. The predicted octanol–water partition coefficient (Wildman–Crippen LogP) is 5.25. The first-order valence-corrected chi connectivity index (χ1v) is 18.0. The number of benzene rings is 2. The summed E-state index contributed by atoms with van der Waals surface area (Å²) in [5, 5.41) is 21.0. The van der Waals surface area contributed by atoms with Crippen LogP contribution in [0, 0.1) is 10.8 Å². The van der Waals surface area contributed by atoms with Gasteiger partial charge in [-0.1, -0.05) is 59.6 Å². The molecular weight excluding hydrogens is 707 g/mol. The number of aliphatic hydroxyl groups is 2. The molecule has 0 bridgehead atoms. The summed E-state index contributed by atoms with van der Waals surface area (Å²) < 4.78 is 22.1. The summed E-state index contributed by atoms with van der Waals surface area (Å²) in [6.07, 6.45) is 5.09. The quantitative estimate of drug-likeness (QED) is 0.164. The molecule has 2 aliphatic rings. The van der Waals surface area contributed by atoms with Crippen LogP contribution in [0.2, 0.25) is 10.0 Å². The summed E-state index contributed by atoms with van der Waals surface area (Å²) >= 11 is 14.2. The van der Waals surface area contributed by atoms with Gasteiger partial charge in [-0.05, 0) is 25.9 Å². The molecule has 2 N–H and O–H groups in total. The molecule has 12 nitrogen and oxygen atoms in total. The normalized spacial score (nSPS) is 20.8. The molecule has 4 heterocycles. The summed E-state index contributed by atoms with van der Waals surface area (Å²) in [4.78, 5) is 23.6. The van der Waals surface area contributed by atoms with E-state index in [1.807, 2.05) is 36.4 Å². The SMILES string of the molecule is COCC1(CO)CCN(Cc2ncc(-c3cccc(-c4cccc(-c5cnc(CN6CCC(CO)(COC)C6)c(OC)n5)c4Cl)c3Cl)nc2OC)C1. The Morgan fingerprint density at radius 2 is 1.06 bits per heavy atom. The lowest BCUT2D eigenvalue weighted by Crippen LogP contribution is -2.34. The Morgan fingerprint density at radius 1 is 0.654 bits per heavy atom. The summed E-state index contributed by atoms with van der Waals surface area (Å²) in [6, 6.07) is 11.4. The third kappa shape index (κ3) is 7.90. The van der Waals surface area contributed by atoms with E-state index in [0.717, 1.165) is 37.1 Å². The smallest absolute Gasteiger partial charge is 0.237 e. The second kappa shape index (κ2) is 16.7. The van der Waals surface area contributed by atoms with Crippen LogP contribution < -0.4 is 9.47 Å². The first-order chi connectivity index (χ1) is 25.2. The minimum Gasteiger partial charge on any atom is -0.480 e. The van der Waals surface area contributed by atoms with Crippen LogP contribution in [0.15, 0.2) is 48.8 Å². The maximum Gasteiger partial charge on any atom is 0.237 e. The van der Waals surface area contributed by atoms with Gasteiger partial charge in [-0.15, -0.1) is 0 Å². The highest BCUT2D eigenvalue weighted by molar-refractivity contribution is 6.39. The Kier molecular flexibility index (Phi) is 12.3. The number of nitrogens with zero attached hydrogens (tertiary/aromatic N) is 6. The number of likely N-dealkylation sites (tertiary alicyclic amines) is 2. The van der Waals surface area contributed by atoms with Crippen LogP contribution in [-0.2, 0) is 22.6 Å². The van der Waals surface area contributed by atoms with Gasteiger partial charge in [0.15, 0.2) is 0 Å². The maximum atomic E-state index is 10.0. The van der Waals surface area contributed by atoms with Crippen molar-refractivity contribution in [1.82, 2.24) is 29.7 Å². The molecule has 0 radical (unpaired) electrons. The topological polar surface area (TPSA) is 135 Å². The number of halogens is 2. The number of methoxy groups -OCH3 is 4. The molecule has 0 amide bonds. The van der Waals surface area contributed by atoms with Crippen molar-refractivity contribution in [2.45, 2.75) is 25.9 Å². The van der Waals surface area contributed by atoms with Crippen LogP contribution in [0.5, 0.6) is 11.8 Å². The van der Waals surface area contributed by atoms with Gasteiger partial charge in [0.05, 0.1) is 74.5 Å². The number of aromatic nitrogens is 4. The highest BCUT2D eigenvalue weighted by atomic mass is 35.5. The molecule has 14 heteroatoms. The minimum atomic E-state index is -0.280. The Bertz CT molecular complexity index is 1740. The number of ether oxygens (including phenoxy) is 4. The lowest BCUT2D eigenvalue weighted by atomic mass is 9.89. The van der Waals surface area contributed by atoms with Crippen molar-refractivity contribution >= 4 is 23.2 Å². The van der Waals surface area contributed by atoms with Crippen molar-refractivity contribution in [2.24, 2.45) is 10.8 Å². The van der Waals surface area contributed by atoms with E-state index in [4.69, 9.17) is 62.1 Å². The molecule has 2 fully saturated rings. The molecule has 2 aromatic carbocycles. The van der Waals surface area contributed by atoms with E-state index in [1.165, 1.54) is 0 Å². The van der Waals surface area contributed by atoms with E-state index in [0.29, 0.717) is 95.1 Å². The molecular formula is C38H46Cl2N6O6. The molecule has 0 spiro atoms. The summed E-state index contributed by atoms with van der Waals surface area (Å²) in [7, 11) is 6.48. The van der Waals surface area contributed by atoms with Gasteiger partial charge in [0, 0.05) is 73.5 Å². The molecule has 2 atom stereocenters. The van der Waals surface area contributed by atoms with E-state index in [2.05, 4.69) is 9.80 Å². The first-order valence-electron chi connectivity index (χ1n) is 17.2. The average molecular weight is 754 g/mol. The van der Waals surface area contributed by atoms with Crippen molar-refractivity contribution < 1.29 is 29.2 Å². The standard InChI is InChI=1S/C38H46Cl2N6O6/c1-49-23-37(21-47)11-13-45(19-37)17-31-35(51-3)43-29(15-41-31)27-9-5-7-25(33(27)39)26-8-6-10-28(34(26)40)30-16-42-32(36(44-30)52-4)18-46-14-12-38(20-46,22-48)24-50-2/h5-10,15-16,47-48H,11-14,17-24H2,1-4H3. The second-order valence-corrected chi connectivity index (χ2v) is 14.6. The Hall–Kier alpha value is -3.46. The summed E-state index contributed by atoms with van der Waals surface area (Å²) in [6.45, 7) is 5.21. The zero-order valence-electron chi connectivity index (χ0n) is 30.1. The summed E-state index contributed by atoms with van der Waals surface area (Å²) in [5.41, 5.74) is 4.78.